The predicted molar refractivity (Wildman–Crippen MR) is 69.8 cm³/mol. The molecule has 1 heteroatoms. The van der Waals surface area contributed by atoms with Crippen LogP contribution in [0, 0.1) is 11.8 Å². The van der Waals surface area contributed by atoms with E-state index in [9.17, 15) is 5.11 Å². The van der Waals surface area contributed by atoms with E-state index in [1.54, 1.807) is 12.1 Å². The molecular weight excluding hydrogens is 196 g/mol. The maximum Gasteiger partial charge on any atom is 0.115 e. The molecule has 0 saturated heterocycles. The van der Waals surface area contributed by atoms with E-state index in [4.69, 9.17) is 0 Å². The molecule has 0 fully saturated rings. The van der Waals surface area contributed by atoms with Crippen molar-refractivity contribution in [2.45, 2.75) is 46.5 Å². The van der Waals surface area contributed by atoms with Crippen molar-refractivity contribution >= 4 is 0 Å². The average molecular weight is 220 g/mol. The Kier molecular flexibility index (Phi) is 4.85. The summed E-state index contributed by atoms with van der Waals surface area (Å²) in [7, 11) is 0. The number of aromatic hydroxyl groups is 1. The minimum atomic E-state index is 0.356. The quantitative estimate of drug-likeness (QED) is 0.770. The summed E-state index contributed by atoms with van der Waals surface area (Å²) < 4.78 is 0. The summed E-state index contributed by atoms with van der Waals surface area (Å²) in [6.07, 6.45) is 2.47. The molecule has 0 aliphatic carbocycles. The summed E-state index contributed by atoms with van der Waals surface area (Å²) in [6, 6.07) is 7.70. The monoisotopic (exact) mass is 220 g/mol. The van der Waals surface area contributed by atoms with Gasteiger partial charge in [-0.25, -0.2) is 0 Å². The molecule has 1 N–H and O–H groups in total. The number of phenolic OH excluding ortho intramolecular Hbond substituents is 1. The van der Waals surface area contributed by atoms with Crippen molar-refractivity contribution in [2.75, 3.05) is 0 Å². The summed E-state index contributed by atoms with van der Waals surface area (Å²) in [4.78, 5) is 0. The molecule has 2 unspecified atom stereocenters. The molecule has 0 heterocycles. The van der Waals surface area contributed by atoms with Crippen LogP contribution in [0.5, 0.6) is 5.75 Å². The van der Waals surface area contributed by atoms with Gasteiger partial charge in [-0.3, -0.25) is 0 Å². The van der Waals surface area contributed by atoms with Crippen LogP contribution >= 0.6 is 0 Å². The highest BCUT2D eigenvalue weighted by molar-refractivity contribution is 5.28. The van der Waals surface area contributed by atoms with Gasteiger partial charge in [0.2, 0.25) is 0 Å². The Hall–Kier alpha value is -0.980. The Morgan fingerprint density at radius 2 is 1.62 bits per heavy atom. The minimum absolute atomic E-state index is 0.356. The van der Waals surface area contributed by atoms with E-state index < -0.39 is 0 Å². The molecule has 0 radical (unpaired) electrons. The second-order valence-corrected chi connectivity index (χ2v) is 5.19. The molecule has 90 valence electrons. The highest BCUT2D eigenvalue weighted by atomic mass is 16.3. The highest BCUT2D eigenvalue weighted by Crippen LogP contribution is 2.32. The molecule has 0 aromatic heterocycles. The normalized spacial score (nSPS) is 15.1. The van der Waals surface area contributed by atoms with Gasteiger partial charge in [0.1, 0.15) is 5.75 Å². The van der Waals surface area contributed by atoms with E-state index in [2.05, 4.69) is 39.8 Å². The zero-order chi connectivity index (χ0) is 12.1. The van der Waals surface area contributed by atoms with Gasteiger partial charge in [-0.15, -0.1) is 0 Å². The Bertz CT molecular complexity index is 300. The van der Waals surface area contributed by atoms with Crippen molar-refractivity contribution in [2.24, 2.45) is 11.8 Å². The predicted octanol–water partition coefficient (Wildman–Crippen LogP) is 4.57. The lowest BCUT2D eigenvalue weighted by molar-refractivity contribution is 0.383. The van der Waals surface area contributed by atoms with E-state index in [1.807, 2.05) is 0 Å². The van der Waals surface area contributed by atoms with Gasteiger partial charge in [0.15, 0.2) is 0 Å². The summed E-state index contributed by atoms with van der Waals surface area (Å²) >= 11 is 0. The van der Waals surface area contributed by atoms with Crippen LogP contribution in [0.4, 0.5) is 0 Å². The highest BCUT2D eigenvalue weighted by Gasteiger charge is 2.18. The van der Waals surface area contributed by atoms with Crippen molar-refractivity contribution in [3.8, 4) is 5.75 Å². The summed E-state index contributed by atoms with van der Waals surface area (Å²) in [5.74, 6) is 2.38. The van der Waals surface area contributed by atoms with Crippen LogP contribution in [-0.2, 0) is 0 Å². The van der Waals surface area contributed by atoms with Crippen molar-refractivity contribution in [3.05, 3.63) is 29.8 Å². The van der Waals surface area contributed by atoms with E-state index in [1.165, 1.54) is 18.4 Å². The lowest BCUT2D eigenvalue weighted by Gasteiger charge is -2.24. The molecule has 0 saturated carbocycles. The zero-order valence-electron chi connectivity index (χ0n) is 10.9. The molecule has 0 spiro atoms. The third-order valence-corrected chi connectivity index (χ3v) is 3.48. The van der Waals surface area contributed by atoms with Crippen LogP contribution in [0.3, 0.4) is 0 Å². The van der Waals surface area contributed by atoms with Gasteiger partial charge in [-0.2, -0.15) is 0 Å². The fourth-order valence-corrected chi connectivity index (χ4v) is 2.11. The van der Waals surface area contributed by atoms with Gasteiger partial charge in [-0.1, -0.05) is 46.2 Å². The molecule has 0 bridgehead atoms. The van der Waals surface area contributed by atoms with Crippen molar-refractivity contribution in [1.29, 1.82) is 0 Å². The van der Waals surface area contributed by atoms with E-state index in [-0.39, 0.29) is 0 Å². The van der Waals surface area contributed by atoms with Crippen LogP contribution in [0.1, 0.15) is 52.0 Å². The third-order valence-electron chi connectivity index (χ3n) is 3.48. The summed E-state index contributed by atoms with van der Waals surface area (Å²) in [6.45, 7) is 9.12. The maximum absolute atomic E-state index is 9.31. The lowest BCUT2D eigenvalue weighted by Crippen LogP contribution is -2.10. The molecule has 1 rings (SSSR count). The van der Waals surface area contributed by atoms with Crippen LogP contribution < -0.4 is 0 Å². The number of benzene rings is 1. The summed E-state index contributed by atoms with van der Waals surface area (Å²) in [5.41, 5.74) is 1.35. The van der Waals surface area contributed by atoms with Crippen LogP contribution in [0.15, 0.2) is 24.3 Å². The first-order valence-corrected chi connectivity index (χ1v) is 6.33. The number of hydrogen-bond donors (Lipinski definition) is 1. The first-order chi connectivity index (χ1) is 7.54. The first kappa shape index (κ1) is 13.1. The smallest absolute Gasteiger partial charge is 0.115 e. The maximum atomic E-state index is 9.31. The van der Waals surface area contributed by atoms with Crippen LogP contribution in [-0.4, -0.2) is 5.11 Å². The van der Waals surface area contributed by atoms with Crippen LogP contribution in [0.25, 0.3) is 0 Å². The first-order valence-electron chi connectivity index (χ1n) is 6.33. The van der Waals surface area contributed by atoms with Crippen molar-refractivity contribution in [3.63, 3.8) is 0 Å². The Balaban J connectivity index is 2.81. The van der Waals surface area contributed by atoms with E-state index >= 15 is 0 Å². The number of phenols is 1. The zero-order valence-corrected chi connectivity index (χ0v) is 10.9. The van der Waals surface area contributed by atoms with Gasteiger partial charge in [0, 0.05) is 0 Å². The van der Waals surface area contributed by atoms with Crippen molar-refractivity contribution < 1.29 is 5.11 Å². The van der Waals surface area contributed by atoms with Gasteiger partial charge in [-0.05, 0) is 41.9 Å². The summed E-state index contributed by atoms with van der Waals surface area (Å²) in [5, 5.41) is 9.31. The van der Waals surface area contributed by atoms with E-state index in [0.717, 1.165) is 5.92 Å². The molecule has 1 nitrogen and oxygen atoms in total. The lowest BCUT2D eigenvalue weighted by atomic mass is 9.81. The largest absolute Gasteiger partial charge is 0.508 e. The average Bonchev–Trinajstić information content (AvgIpc) is 2.26. The standard InChI is InChI=1S/C15H24O/c1-5-12(4)10-15(11(2)3)13-6-8-14(16)9-7-13/h6-9,11-12,15-16H,5,10H2,1-4H3. The van der Waals surface area contributed by atoms with Crippen LogP contribution in [0.2, 0.25) is 0 Å². The van der Waals surface area contributed by atoms with Crippen molar-refractivity contribution in [1.82, 2.24) is 0 Å². The molecule has 1 aromatic carbocycles. The van der Waals surface area contributed by atoms with Gasteiger partial charge in [0.05, 0.1) is 0 Å². The molecule has 0 aliphatic rings. The Labute approximate surface area is 99.5 Å². The fourth-order valence-electron chi connectivity index (χ4n) is 2.11. The van der Waals surface area contributed by atoms with E-state index in [0.29, 0.717) is 17.6 Å². The second-order valence-electron chi connectivity index (χ2n) is 5.19. The fraction of sp³-hybridized carbons (Fsp3) is 0.600. The molecule has 2 atom stereocenters. The molecular formula is C15H24O. The molecule has 0 amide bonds. The second kappa shape index (κ2) is 5.93. The topological polar surface area (TPSA) is 20.2 Å². The van der Waals surface area contributed by atoms with Gasteiger partial charge < -0.3 is 5.11 Å². The number of rotatable bonds is 5. The number of hydrogen-bond acceptors (Lipinski definition) is 1. The molecule has 0 aliphatic heterocycles. The van der Waals surface area contributed by atoms with Gasteiger partial charge >= 0.3 is 0 Å². The molecule has 1 aromatic rings. The Morgan fingerprint density at radius 1 is 1.06 bits per heavy atom. The Morgan fingerprint density at radius 3 is 2.06 bits per heavy atom. The van der Waals surface area contributed by atoms with Gasteiger partial charge in [0.25, 0.3) is 0 Å². The third kappa shape index (κ3) is 3.55. The SMILES string of the molecule is CCC(C)CC(c1ccc(O)cc1)C(C)C. The minimum Gasteiger partial charge on any atom is -0.508 e. The molecule has 16 heavy (non-hydrogen) atoms.